The van der Waals surface area contributed by atoms with Crippen molar-refractivity contribution in [3.05, 3.63) is 78.9 Å². The molecule has 30 heavy (non-hydrogen) atoms. The Morgan fingerprint density at radius 2 is 1.63 bits per heavy atom. The summed E-state index contributed by atoms with van der Waals surface area (Å²) in [5, 5.41) is 4.18. The van der Waals surface area contributed by atoms with E-state index in [1.165, 1.54) is 16.9 Å². The van der Waals surface area contributed by atoms with Gasteiger partial charge < -0.3 is 4.42 Å². The molecule has 0 aliphatic rings. The van der Waals surface area contributed by atoms with Gasteiger partial charge in [-0.15, -0.1) is 0 Å². The lowest BCUT2D eigenvalue weighted by Gasteiger charge is -2.10. The predicted octanol–water partition coefficient (Wildman–Crippen LogP) is 3.67. The smallest absolute Gasteiger partial charge is 0.284 e. The molecule has 0 fully saturated rings. The van der Waals surface area contributed by atoms with Gasteiger partial charge in [0, 0.05) is 17.2 Å². The topological polar surface area (TPSA) is 99.2 Å². The molecule has 154 valence electrons. The molecule has 10 heteroatoms. The fourth-order valence-corrected chi connectivity index (χ4v) is 5.21. The second kappa shape index (κ2) is 7.22. The second-order valence-corrected chi connectivity index (χ2v) is 12.3. The van der Waals surface area contributed by atoms with Gasteiger partial charge in [0.25, 0.3) is 17.7 Å². The number of halogens is 1. The van der Waals surface area contributed by atoms with E-state index in [2.05, 4.69) is 5.10 Å². The van der Waals surface area contributed by atoms with E-state index in [1.54, 1.807) is 18.4 Å². The Balaban J connectivity index is 1.73. The Bertz CT molecular complexity index is 1420. The maximum Gasteiger partial charge on any atom is 0.284 e. The molecule has 2 aromatic heterocycles. The summed E-state index contributed by atoms with van der Waals surface area (Å²) in [6, 6.07) is 16.0. The van der Waals surface area contributed by atoms with Gasteiger partial charge in [-0.25, -0.2) is 25.9 Å². The van der Waals surface area contributed by atoms with Crippen LogP contribution >= 0.6 is 0 Å². The summed E-state index contributed by atoms with van der Waals surface area (Å²) in [6.07, 6.45) is 3.63. The molecule has 7 nitrogen and oxygen atoms in total. The van der Waals surface area contributed by atoms with Crippen molar-refractivity contribution in [2.24, 2.45) is 0 Å². The largest absolute Gasteiger partial charge is 0.464 e. The monoisotopic (exact) mass is 446 g/mol. The Labute approximate surface area is 171 Å². The molecule has 0 aliphatic heterocycles. The van der Waals surface area contributed by atoms with Gasteiger partial charge in [-0.1, -0.05) is 24.3 Å². The van der Waals surface area contributed by atoms with Gasteiger partial charge in [-0.3, -0.25) is 0 Å². The molecule has 0 spiro atoms. The normalized spacial score (nSPS) is 12.2. The first-order chi connectivity index (χ1) is 14.2. The van der Waals surface area contributed by atoms with E-state index in [1.807, 2.05) is 30.3 Å². The molecule has 0 saturated heterocycles. The molecule has 0 amide bonds. The van der Waals surface area contributed by atoms with Crippen molar-refractivity contribution in [3.63, 3.8) is 0 Å². The molecule has 2 heterocycles. The summed E-state index contributed by atoms with van der Waals surface area (Å²) in [7, 11) is -9.34. The van der Waals surface area contributed by atoms with Crippen LogP contribution in [-0.2, 0) is 17.7 Å². The zero-order valence-corrected chi connectivity index (χ0v) is 17.2. The van der Waals surface area contributed by atoms with Gasteiger partial charge in [0.05, 0.1) is 30.1 Å². The van der Waals surface area contributed by atoms with E-state index in [4.69, 9.17) is 4.42 Å². The lowest BCUT2D eigenvalue weighted by Crippen LogP contribution is -2.15. The summed E-state index contributed by atoms with van der Waals surface area (Å²) in [6.45, 7) is 0. The Hall–Kier alpha value is -3.24. The van der Waals surface area contributed by atoms with Crippen LogP contribution in [0.5, 0.6) is 0 Å². The Kier molecular flexibility index (Phi) is 4.83. The summed E-state index contributed by atoms with van der Waals surface area (Å²) in [4.78, 5) is -0.898. The number of rotatable bonds is 5. The van der Waals surface area contributed by atoms with Crippen molar-refractivity contribution in [3.8, 4) is 28.3 Å². The highest BCUT2D eigenvalue weighted by atomic mass is 33.2. The van der Waals surface area contributed by atoms with E-state index in [-0.39, 0.29) is 5.69 Å². The number of benzene rings is 2. The third kappa shape index (κ3) is 3.44. The molecule has 2 aromatic carbocycles. The average Bonchev–Trinajstić information content (AvgIpc) is 3.39. The first kappa shape index (κ1) is 20.0. The number of furan rings is 1. The molecule has 0 atom stereocenters. The second-order valence-electron chi connectivity index (χ2n) is 6.46. The minimum atomic E-state index is -4.82. The summed E-state index contributed by atoms with van der Waals surface area (Å²) in [5.74, 6) is -0.452. The maximum absolute atomic E-state index is 14.5. The van der Waals surface area contributed by atoms with Crippen molar-refractivity contribution in [1.29, 1.82) is 0 Å². The van der Waals surface area contributed by atoms with Crippen LogP contribution < -0.4 is 0 Å². The molecule has 0 N–H and O–H groups in total. The van der Waals surface area contributed by atoms with Crippen LogP contribution in [0.25, 0.3) is 28.3 Å². The number of hydrogen-bond acceptors (Lipinski definition) is 6. The molecule has 0 saturated carbocycles. The van der Waals surface area contributed by atoms with Crippen molar-refractivity contribution < 1.29 is 25.6 Å². The molecule has 4 aromatic rings. The van der Waals surface area contributed by atoms with Crippen LogP contribution in [-0.4, -0.2) is 32.9 Å². The molecule has 0 radical (unpaired) electrons. The molecule has 0 bridgehead atoms. The highest BCUT2D eigenvalue weighted by Crippen LogP contribution is 2.28. The molecule has 4 rings (SSSR count). The van der Waals surface area contributed by atoms with Crippen molar-refractivity contribution in [1.82, 2.24) is 9.78 Å². The minimum absolute atomic E-state index is 0.245. The van der Waals surface area contributed by atoms with Crippen LogP contribution in [0.4, 0.5) is 4.39 Å². The van der Waals surface area contributed by atoms with Gasteiger partial charge in [0.2, 0.25) is 0 Å². The van der Waals surface area contributed by atoms with E-state index in [0.29, 0.717) is 11.9 Å². The third-order valence-electron chi connectivity index (χ3n) is 4.46. The maximum atomic E-state index is 14.5. The lowest BCUT2D eigenvalue weighted by molar-refractivity contribution is 0.565. The first-order valence-corrected chi connectivity index (χ1v) is 12.5. The van der Waals surface area contributed by atoms with Gasteiger partial charge in [-0.05, 0) is 30.3 Å². The zero-order chi connectivity index (χ0) is 21.5. The van der Waals surface area contributed by atoms with Gasteiger partial charge in [0.1, 0.15) is 16.5 Å². The summed E-state index contributed by atoms with van der Waals surface area (Å²) < 4.78 is 68.4. The van der Waals surface area contributed by atoms with Crippen molar-refractivity contribution >= 4 is 17.7 Å². The summed E-state index contributed by atoms with van der Waals surface area (Å²) >= 11 is 0. The lowest BCUT2D eigenvalue weighted by atomic mass is 10.1. The van der Waals surface area contributed by atoms with Gasteiger partial charge >= 0.3 is 0 Å². The van der Waals surface area contributed by atoms with Crippen LogP contribution in [0.3, 0.4) is 0 Å². The van der Waals surface area contributed by atoms with Crippen LogP contribution in [0.1, 0.15) is 0 Å². The predicted molar refractivity (Wildman–Crippen MR) is 109 cm³/mol. The SMILES string of the molecule is CS(=O)(=O)S(=O)(=O)c1ccc(-n2nccc2-c2ccc(-c3ccco3)cc2)cc1F. The van der Waals surface area contributed by atoms with E-state index in [9.17, 15) is 21.2 Å². The van der Waals surface area contributed by atoms with Crippen LogP contribution in [0.15, 0.2) is 82.4 Å². The standard InChI is InChI=1S/C20H15FN2O5S2/c1-29(24,25)30(26,27)20-9-8-16(13-17(20)21)23-18(10-11-22-23)14-4-6-15(7-5-14)19-3-2-12-28-19/h2-13H,1H3. The molecule has 0 unspecified atom stereocenters. The Morgan fingerprint density at radius 1 is 0.933 bits per heavy atom. The third-order valence-corrected chi connectivity index (χ3v) is 9.05. The quantitative estimate of drug-likeness (QED) is 0.434. The van der Waals surface area contributed by atoms with Crippen molar-refractivity contribution in [2.75, 3.05) is 6.26 Å². The number of hydrogen-bond donors (Lipinski definition) is 0. The zero-order valence-electron chi connectivity index (χ0n) is 15.6. The minimum Gasteiger partial charge on any atom is -0.464 e. The summed E-state index contributed by atoms with van der Waals surface area (Å²) in [5.41, 5.74) is 2.56. The average molecular weight is 446 g/mol. The first-order valence-electron chi connectivity index (χ1n) is 8.62. The highest BCUT2D eigenvalue weighted by Gasteiger charge is 2.30. The Morgan fingerprint density at radius 3 is 2.23 bits per heavy atom. The number of aromatic nitrogens is 2. The fraction of sp³-hybridized carbons (Fsp3) is 0.0500. The van der Waals surface area contributed by atoms with E-state index < -0.39 is 28.5 Å². The van der Waals surface area contributed by atoms with Gasteiger partial charge in [0.15, 0.2) is 0 Å². The van der Waals surface area contributed by atoms with Gasteiger partial charge in [-0.2, -0.15) is 5.10 Å². The number of nitrogens with zero attached hydrogens (tertiary/aromatic N) is 2. The fourth-order valence-electron chi connectivity index (χ4n) is 2.96. The highest BCUT2D eigenvalue weighted by molar-refractivity contribution is 8.66. The van der Waals surface area contributed by atoms with E-state index in [0.717, 1.165) is 29.0 Å². The molecular formula is C20H15FN2O5S2. The van der Waals surface area contributed by atoms with Crippen molar-refractivity contribution in [2.45, 2.75) is 4.90 Å². The van der Waals surface area contributed by atoms with E-state index >= 15 is 0 Å². The molecular weight excluding hydrogens is 431 g/mol. The van der Waals surface area contributed by atoms with Crippen LogP contribution in [0, 0.1) is 5.82 Å². The van der Waals surface area contributed by atoms with Crippen LogP contribution in [0.2, 0.25) is 0 Å². The molecule has 0 aliphatic carbocycles.